The highest BCUT2D eigenvalue weighted by Gasteiger charge is 1.98. The van der Waals surface area contributed by atoms with Gasteiger partial charge in [-0.1, -0.05) is 6.08 Å². The van der Waals surface area contributed by atoms with E-state index in [2.05, 4.69) is 4.99 Å². The first kappa shape index (κ1) is 7.72. The summed E-state index contributed by atoms with van der Waals surface area (Å²) in [5, 5.41) is 0. The molecule has 1 aliphatic heterocycles. The van der Waals surface area contributed by atoms with Crippen molar-refractivity contribution in [3.05, 3.63) is 24.1 Å². The van der Waals surface area contributed by atoms with E-state index in [4.69, 9.17) is 4.74 Å². The van der Waals surface area contributed by atoms with Crippen LogP contribution in [-0.4, -0.2) is 12.2 Å². The number of aliphatic imine (C=N–C) groups is 1. The van der Waals surface area contributed by atoms with Gasteiger partial charge in [0, 0.05) is 13.1 Å². The number of hydrogen-bond donors (Lipinski definition) is 0. The Hall–Kier alpha value is -1.38. The molecule has 0 radical (unpaired) electrons. The van der Waals surface area contributed by atoms with Gasteiger partial charge in [-0.2, -0.15) is 0 Å². The molecule has 0 saturated heterocycles. The number of ether oxygens (including phenoxy) is 1. The summed E-state index contributed by atoms with van der Waals surface area (Å²) in [5.74, 6) is 0.201. The summed E-state index contributed by atoms with van der Waals surface area (Å²) in [5.41, 5.74) is 0. The first-order valence-corrected chi connectivity index (χ1v) is 3.36. The predicted molar refractivity (Wildman–Crippen MR) is 42.1 cm³/mol. The van der Waals surface area contributed by atoms with Crippen LogP contribution >= 0.6 is 0 Å². The fourth-order valence-electron chi connectivity index (χ4n) is 0.709. The molecule has 0 saturated carbocycles. The number of carbonyl (C=O) groups is 1. The molecule has 0 unspecified atom stereocenters. The van der Waals surface area contributed by atoms with E-state index in [-0.39, 0.29) is 5.97 Å². The lowest BCUT2D eigenvalue weighted by Crippen LogP contribution is -1.99. The van der Waals surface area contributed by atoms with Crippen LogP contribution in [-0.2, 0) is 9.53 Å². The third-order valence-corrected chi connectivity index (χ3v) is 1.11. The molecule has 0 bridgehead atoms. The summed E-state index contributed by atoms with van der Waals surface area (Å²) in [6.45, 7) is 1.37. The summed E-state index contributed by atoms with van der Waals surface area (Å²) in [6.07, 6.45) is 7.63. The SMILES string of the molecule is CC(=O)OC1=CCC=CN=C1. The Morgan fingerprint density at radius 2 is 2.55 bits per heavy atom. The normalized spacial score (nSPS) is 15.5. The van der Waals surface area contributed by atoms with Crippen molar-refractivity contribution in [1.82, 2.24) is 0 Å². The molecule has 3 nitrogen and oxygen atoms in total. The zero-order chi connectivity index (χ0) is 8.10. The molecule has 1 heterocycles. The average Bonchev–Trinajstić information content (AvgIpc) is 2.14. The van der Waals surface area contributed by atoms with Crippen LogP contribution in [0.2, 0.25) is 0 Å². The van der Waals surface area contributed by atoms with Gasteiger partial charge in [0.25, 0.3) is 0 Å². The molecule has 0 aromatic heterocycles. The van der Waals surface area contributed by atoms with Gasteiger partial charge in [0.2, 0.25) is 0 Å². The van der Waals surface area contributed by atoms with Gasteiger partial charge in [-0.3, -0.25) is 9.79 Å². The first-order valence-electron chi connectivity index (χ1n) is 3.36. The van der Waals surface area contributed by atoms with Gasteiger partial charge in [-0.05, 0) is 12.5 Å². The van der Waals surface area contributed by atoms with Gasteiger partial charge in [0.05, 0.1) is 6.21 Å². The lowest BCUT2D eigenvalue weighted by molar-refractivity contribution is -0.136. The molecule has 0 aromatic carbocycles. The number of nitrogens with zero attached hydrogens (tertiary/aromatic N) is 1. The van der Waals surface area contributed by atoms with Gasteiger partial charge >= 0.3 is 5.97 Å². The molecular weight excluding hydrogens is 142 g/mol. The van der Waals surface area contributed by atoms with Crippen LogP contribution < -0.4 is 0 Å². The smallest absolute Gasteiger partial charge is 0.308 e. The quantitative estimate of drug-likeness (QED) is 0.531. The Labute approximate surface area is 65.1 Å². The first-order chi connectivity index (χ1) is 5.29. The summed E-state index contributed by atoms with van der Waals surface area (Å²) >= 11 is 0. The van der Waals surface area contributed by atoms with E-state index in [0.29, 0.717) is 5.76 Å². The molecule has 1 aliphatic rings. The van der Waals surface area contributed by atoms with Crippen LogP contribution in [0, 0.1) is 0 Å². The van der Waals surface area contributed by atoms with Crippen molar-refractivity contribution < 1.29 is 9.53 Å². The molecular formula is C8H9NO2. The summed E-state index contributed by atoms with van der Waals surface area (Å²) in [6, 6.07) is 0. The number of esters is 1. The number of rotatable bonds is 1. The largest absolute Gasteiger partial charge is 0.425 e. The van der Waals surface area contributed by atoms with Crippen molar-refractivity contribution in [3.8, 4) is 0 Å². The molecule has 0 aromatic rings. The molecule has 11 heavy (non-hydrogen) atoms. The molecule has 1 rings (SSSR count). The van der Waals surface area contributed by atoms with E-state index in [1.807, 2.05) is 6.08 Å². The standard InChI is InChI=1S/C8H9NO2/c1-7(10)11-8-4-2-3-5-9-6-8/h3-6H,2H2,1H3. The topological polar surface area (TPSA) is 38.7 Å². The van der Waals surface area contributed by atoms with Crippen LogP contribution in [0.25, 0.3) is 0 Å². The minimum absolute atomic E-state index is 0.315. The summed E-state index contributed by atoms with van der Waals surface area (Å²) in [4.78, 5) is 14.3. The third-order valence-electron chi connectivity index (χ3n) is 1.11. The van der Waals surface area contributed by atoms with Crippen LogP contribution in [0.1, 0.15) is 13.3 Å². The van der Waals surface area contributed by atoms with E-state index in [9.17, 15) is 4.79 Å². The van der Waals surface area contributed by atoms with Crippen LogP contribution in [0.3, 0.4) is 0 Å². The molecule has 0 aliphatic carbocycles. The Kier molecular flexibility index (Phi) is 2.60. The van der Waals surface area contributed by atoms with Gasteiger partial charge in [0.1, 0.15) is 5.76 Å². The molecule has 58 valence electrons. The van der Waals surface area contributed by atoms with E-state index in [1.165, 1.54) is 13.1 Å². The fourth-order valence-corrected chi connectivity index (χ4v) is 0.709. The monoisotopic (exact) mass is 151 g/mol. The molecule has 0 N–H and O–H groups in total. The van der Waals surface area contributed by atoms with E-state index >= 15 is 0 Å². The van der Waals surface area contributed by atoms with Crippen molar-refractivity contribution in [1.29, 1.82) is 0 Å². The number of carbonyl (C=O) groups excluding carboxylic acids is 1. The highest BCUT2D eigenvalue weighted by Crippen LogP contribution is 2.01. The summed E-state index contributed by atoms with van der Waals surface area (Å²) in [7, 11) is 0. The second-order valence-corrected chi connectivity index (χ2v) is 2.10. The molecule has 0 atom stereocenters. The Balaban J connectivity index is 2.58. The second-order valence-electron chi connectivity index (χ2n) is 2.10. The van der Waals surface area contributed by atoms with Crippen molar-refractivity contribution in [2.45, 2.75) is 13.3 Å². The van der Waals surface area contributed by atoms with Crippen LogP contribution in [0.4, 0.5) is 0 Å². The number of allylic oxidation sites excluding steroid dienone is 3. The lowest BCUT2D eigenvalue weighted by Gasteiger charge is -1.97. The maximum absolute atomic E-state index is 10.5. The Morgan fingerprint density at radius 1 is 1.73 bits per heavy atom. The van der Waals surface area contributed by atoms with E-state index < -0.39 is 0 Å². The maximum Gasteiger partial charge on any atom is 0.308 e. The van der Waals surface area contributed by atoms with Crippen molar-refractivity contribution in [2.24, 2.45) is 4.99 Å². The zero-order valence-corrected chi connectivity index (χ0v) is 6.28. The lowest BCUT2D eigenvalue weighted by atomic mass is 10.3. The Morgan fingerprint density at radius 3 is 3.27 bits per heavy atom. The number of hydrogen-bond acceptors (Lipinski definition) is 3. The maximum atomic E-state index is 10.5. The minimum atomic E-state index is -0.315. The highest BCUT2D eigenvalue weighted by atomic mass is 16.5. The zero-order valence-electron chi connectivity index (χ0n) is 6.28. The van der Waals surface area contributed by atoms with Gasteiger partial charge < -0.3 is 4.74 Å². The van der Waals surface area contributed by atoms with Gasteiger partial charge in [-0.25, -0.2) is 0 Å². The third kappa shape index (κ3) is 2.80. The van der Waals surface area contributed by atoms with E-state index in [1.54, 1.807) is 12.3 Å². The average molecular weight is 151 g/mol. The van der Waals surface area contributed by atoms with Crippen LogP contribution in [0.5, 0.6) is 0 Å². The molecule has 3 heteroatoms. The highest BCUT2D eigenvalue weighted by molar-refractivity contribution is 5.81. The molecule has 0 spiro atoms. The van der Waals surface area contributed by atoms with Gasteiger partial charge in [0.15, 0.2) is 0 Å². The van der Waals surface area contributed by atoms with Crippen molar-refractivity contribution in [3.63, 3.8) is 0 Å². The van der Waals surface area contributed by atoms with Crippen molar-refractivity contribution >= 4 is 12.2 Å². The second kappa shape index (κ2) is 3.71. The molecule has 0 amide bonds. The van der Waals surface area contributed by atoms with Crippen LogP contribution in [0.15, 0.2) is 29.1 Å². The predicted octanol–water partition coefficient (Wildman–Crippen LogP) is 1.42. The molecule has 0 fully saturated rings. The van der Waals surface area contributed by atoms with Crippen molar-refractivity contribution in [2.75, 3.05) is 0 Å². The van der Waals surface area contributed by atoms with Gasteiger partial charge in [-0.15, -0.1) is 0 Å². The minimum Gasteiger partial charge on any atom is -0.425 e. The van der Waals surface area contributed by atoms with E-state index in [0.717, 1.165) is 6.42 Å². The Bertz CT molecular complexity index is 238. The summed E-state index contributed by atoms with van der Waals surface area (Å²) < 4.78 is 4.80. The fraction of sp³-hybridized carbons (Fsp3) is 0.250.